The first-order valence-corrected chi connectivity index (χ1v) is 20.7. The zero-order valence-electron chi connectivity index (χ0n) is 33.0. The SMILES string of the molecule is CCCCCCCCc1cc(C=C(C)N=Nc2cc(-c3ccccc3)c(CCCCCC)c(-c3ccccc3)c2)cc(-c2ccccc2)c1CCCC. The van der Waals surface area contributed by atoms with Crippen LogP contribution in [0.25, 0.3) is 39.5 Å². The second-order valence-corrected chi connectivity index (χ2v) is 14.7. The van der Waals surface area contributed by atoms with E-state index in [1.165, 1.54) is 133 Å². The number of hydrogen-bond donors (Lipinski definition) is 0. The van der Waals surface area contributed by atoms with E-state index in [2.05, 4.69) is 149 Å². The average Bonchev–Trinajstić information content (AvgIpc) is 3.20. The minimum atomic E-state index is 0.886. The largest absolute Gasteiger partial charge is 0.155 e. The first-order valence-electron chi connectivity index (χ1n) is 20.7. The Morgan fingerprint density at radius 1 is 0.472 bits per heavy atom. The van der Waals surface area contributed by atoms with Crippen LogP contribution in [0.15, 0.2) is 131 Å². The van der Waals surface area contributed by atoms with E-state index in [-0.39, 0.29) is 0 Å². The molecule has 0 amide bonds. The van der Waals surface area contributed by atoms with E-state index in [1.807, 2.05) is 0 Å². The number of allylic oxidation sites excluding steroid dienone is 1. The van der Waals surface area contributed by atoms with Crippen molar-refractivity contribution >= 4 is 11.8 Å². The normalized spacial score (nSPS) is 11.8. The Hall–Kier alpha value is -4.56. The zero-order valence-corrected chi connectivity index (χ0v) is 33.0. The highest BCUT2D eigenvalue weighted by atomic mass is 15.1. The van der Waals surface area contributed by atoms with Crippen molar-refractivity contribution in [2.75, 3.05) is 0 Å². The summed E-state index contributed by atoms with van der Waals surface area (Å²) in [6.45, 7) is 8.96. The highest BCUT2D eigenvalue weighted by Crippen LogP contribution is 2.38. The third kappa shape index (κ3) is 12.0. The van der Waals surface area contributed by atoms with Crippen molar-refractivity contribution < 1.29 is 0 Å². The summed E-state index contributed by atoms with van der Waals surface area (Å²) in [5.41, 5.74) is 15.1. The van der Waals surface area contributed by atoms with Crippen LogP contribution >= 0.6 is 0 Å². The average molecular weight is 703 g/mol. The minimum Gasteiger partial charge on any atom is -0.155 e. The molecule has 0 radical (unpaired) electrons. The van der Waals surface area contributed by atoms with Gasteiger partial charge in [-0.25, -0.2) is 0 Å². The van der Waals surface area contributed by atoms with Crippen LogP contribution in [0.1, 0.15) is 127 Å². The monoisotopic (exact) mass is 702 g/mol. The molecule has 0 heterocycles. The van der Waals surface area contributed by atoms with Gasteiger partial charge in [-0.3, -0.25) is 0 Å². The summed E-state index contributed by atoms with van der Waals surface area (Å²) in [4.78, 5) is 0. The molecule has 0 N–H and O–H groups in total. The predicted octanol–water partition coefficient (Wildman–Crippen LogP) is 16.2. The first kappa shape index (κ1) is 39.6. The molecule has 0 bridgehead atoms. The molecule has 0 aliphatic carbocycles. The molecule has 276 valence electrons. The maximum atomic E-state index is 4.93. The number of rotatable bonds is 21. The van der Waals surface area contributed by atoms with Gasteiger partial charge in [0.2, 0.25) is 0 Å². The van der Waals surface area contributed by atoms with Crippen LogP contribution in [0.4, 0.5) is 5.69 Å². The number of azo groups is 1. The molecular weight excluding hydrogens is 641 g/mol. The molecule has 0 aromatic heterocycles. The summed E-state index contributed by atoms with van der Waals surface area (Å²) in [7, 11) is 0. The van der Waals surface area contributed by atoms with Crippen LogP contribution in [-0.2, 0) is 19.3 Å². The van der Waals surface area contributed by atoms with E-state index >= 15 is 0 Å². The van der Waals surface area contributed by atoms with Crippen LogP contribution in [0, 0.1) is 0 Å². The van der Waals surface area contributed by atoms with Gasteiger partial charge in [-0.1, -0.05) is 176 Å². The van der Waals surface area contributed by atoms with Crippen LogP contribution in [-0.4, -0.2) is 0 Å². The summed E-state index contributed by atoms with van der Waals surface area (Å²) in [5.74, 6) is 0. The van der Waals surface area contributed by atoms with E-state index in [4.69, 9.17) is 10.2 Å². The lowest BCUT2D eigenvalue weighted by atomic mass is 9.87. The fraction of sp³-hybridized carbons (Fsp3) is 0.373. The smallest absolute Gasteiger partial charge is 0.0869 e. The summed E-state index contributed by atoms with van der Waals surface area (Å²) in [6, 6.07) is 41.9. The Balaban J connectivity index is 1.52. The zero-order chi connectivity index (χ0) is 37.1. The molecule has 0 saturated carbocycles. The van der Waals surface area contributed by atoms with Gasteiger partial charge < -0.3 is 0 Å². The van der Waals surface area contributed by atoms with Gasteiger partial charge in [-0.15, -0.1) is 0 Å². The fourth-order valence-electron chi connectivity index (χ4n) is 7.55. The molecule has 5 aromatic rings. The van der Waals surface area contributed by atoms with E-state index in [1.54, 1.807) is 0 Å². The molecule has 0 unspecified atom stereocenters. The van der Waals surface area contributed by atoms with Crippen LogP contribution in [0.5, 0.6) is 0 Å². The number of unbranched alkanes of at least 4 members (excludes halogenated alkanes) is 9. The lowest BCUT2D eigenvalue weighted by Crippen LogP contribution is -2.00. The van der Waals surface area contributed by atoms with Crippen molar-refractivity contribution in [2.45, 2.75) is 124 Å². The molecule has 2 heteroatoms. The van der Waals surface area contributed by atoms with Crippen molar-refractivity contribution in [3.05, 3.63) is 143 Å². The van der Waals surface area contributed by atoms with Gasteiger partial charge >= 0.3 is 0 Å². The first-order chi connectivity index (χ1) is 26.1. The molecule has 53 heavy (non-hydrogen) atoms. The third-order valence-corrected chi connectivity index (χ3v) is 10.4. The summed E-state index contributed by atoms with van der Waals surface area (Å²) in [5, 5.41) is 9.80. The maximum absolute atomic E-state index is 4.93. The Morgan fingerprint density at radius 3 is 1.47 bits per heavy atom. The van der Waals surface area contributed by atoms with Gasteiger partial charge in [0.15, 0.2) is 0 Å². The number of hydrogen-bond acceptors (Lipinski definition) is 2. The Labute approximate surface area is 321 Å². The minimum absolute atomic E-state index is 0.886. The molecule has 0 aliphatic rings. The maximum Gasteiger partial charge on any atom is 0.0869 e. The third-order valence-electron chi connectivity index (χ3n) is 10.4. The highest BCUT2D eigenvalue weighted by molar-refractivity contribution is 5.82. The van der Waals surface area contributed by atoms with Gasteiger partial charge in [-0.05, 0) is 125 Å². The summed E-state index contributed by atoms with van der Waals surface area (Å²) < 4.78 is 0. The van der Waals surface area contributed by atoms with Crippen molar-refractivity contribution in [1.82, 2.24) is 0 Å². The predicted molar refractivity (Wildman–Crippen MR) is 231 cm³/mol. The van der Waals surface area contributed by atoms with E-state index in [0.717, 1.165) is 30.6 Å². The molecule has 2 nitrogen and oxygen atoms in total. The standard InChI is InChI=1S/C51H62N2/c1-5-8-11-13-14-18-32-45-36-41(37-49(47(45)33-10-7-3)42-26-19-15-20-27-42)35-40(4)52-53-46-38-50(43-28-21-16-22-29-43)48(34-25-12-9-6-2)51(39-46)44-30-23-17-24-31-44/h15-17,19-24,26-31,35-39H,5-14,18,25,32-34H2,1-4H3. The lowest BCUT2D eigenvalue weighted by Gasteiger charge is -2.18. The van der Waals surface area contributed by atoms with Crippen molar-refractivity contribution in [2.24, 2.45) is 10.2 Å². The van der Waals surface area contributed by atoms with Crippen molar-refractivity contribution in [1.29, 1.82) is 0 Å². The van der Waals surface area contributed by atoms with Crippen LogP contribution in [0.3, 0.4) is 0 Å². The van der Waals surface area contributed by atoms with E-state index in [9.17, 15) is 0 Å². The highest BCUT2D eigenvalue weighted by Gasteiger charge is 2.16. The Bertz CT molecular complexity index is 1810. The van der Waals surface area contributed by atoms with E-state index < -0.39 is 0 Å². The lowest BCUT2D eigenvalue weighted by molar-refractivity contribution is 0.606. The van der Waals surface area contributed by atoms with Gasteiger partial charge in [-0.2, -0.15) is 10.2 Å². The van der Waals surface area contributed by atoms with Crippen molar-refractivity contribution in [3.8, 4) is 33.4 Å². The van der Waals surface area contributed by atoms with E-state index in [0.29, 0.717) is 0 Å². The van der Waals surface area contributed by atoms with Gasteiger partial charge in [0, 0.05) is 0 Å². The molecule has 5 aromatic carbocycles. The molecular formula is C51H62N2. The summed E-state index contributed by atoms with van der Waals surface area (Å²) >= 11 is 0. The summed E-state index contributed by atoms with van der Waals surface area (Å²) in [6.07, 6.45) is 20.7. The van der Waals surface area contributed by atoms with Crippen LogP contribution in [0.2, 0.25) is 0 Å². The van der Waals surface area contributed by atoms with Gasteiger partial charge in [0.25, 0.3) is 0 Å². The Kier molecular flexibility index (Phi) is 16.3. The molecule has 0 fully saturated rings. The number of aryl methyl sites for hydroxylation is 1. The topological polar surface area (TPSA) is 24.7 Å². The second kappa shape index (κ2) is 21.8. The van der Waals surface area contributed by atoms with Gasteiger partial charge in [0.05, 0.1) is 11.4 Å². The van der Waals surface area contributed by atoms with Crippen molar-refractivity contribution in [3.63, 3.8) is 0 Å². The quantitative estimate of drug-likeness (QED) is 0.0537. The Morgan fingerprint density at radius 2 is 0.925 bits per heavy atom. The second-order valence-electron chi connectivity index (χ2n) is 14.7. The number of nitrogens with zero attached hydrogens (tertiary/aromatic N) is 2. The number of benzene rings is 5. The molecule has 5 rings (SSSR count). The van der Waals surface area contributed by atoms with Crippen LogP contribution < -0.4 is 0 Å². The molecule has 0 saturated heterocycles. The molecule has 0 aliphatic heterocycles. The molecule has 0 spiro atoms. The molecule has 0 atom stereocenters. The fourth-order valence-corrected chi connectivity index (χ4v) is 7.55. The van der Waals surface area contributed by atoms with Gasteiger partial charge in [0.1, 0.15) is 0 Å².